The summed E-state index contributed by atoms with van der Waals surface area (Å²) in [6.45, 7) is 3.97. The van der Waals surface area contributed by atoms with Gasteiger partial charge in [-0.3, -0.25) is 9.59 Å². The quantitative estimate of drug-likeness (QED) is 0.817. The molecule has 0 radical (unpaired) electrons. The number of carbonyl (C=O) groups excluding carboxylic acids is 2. The first-order chi connectivity index (χ1) is 9.27. The summed E-state index contributed by atoms with van der Waals surface area (Å²) in [5.41, 5.74) is 1.38. The number of carbonyl (C=O) groups is 2. The van der Waals surface area contributed by atoms with Crippen LogP contribution >= 0.6 is 0 Å². The molecule has 19 heavy (non-hydrogen) atoms. The van der Waals surface area contributed by atoms with E-state index in [0.717, 1.165) is 12.0 Å². The summed E-state index contributed by atoms with van der Waals surface area (Å²) in [6, 6.07) is 6.92. The van der Waals surface area contributed by atoms with Crippen molar-refractivity contribution in [3.05, 3.63) is 29.8 Å². The summed E-state index contributed by atoms with van der Waals surface area (Å²) in [5, 5.41) is 2.80. The highest BCUT2D eigenvalue weighted by Crippen LogP contribution is 2.23. The lowest BCUT2D eigenvalue weighted by Crippen LogP contribution is -2.54. The van der Waals surface area contributed by atoms with Gasteiger partial charge < -0.3 is 15.0 Å². The zero-order chi connectivity index (χ0) is 13.7. The van der Waals surface area contributed by atoms with Crippen molar-refractivity contribution in [2.75, 3.05) is 31.2 Å². The minimum Gasteiger partial charge on any atom is -0.377 e. The predicted molar refractivity (Wildman–Crippen MR) is 72.5 cm³/mol. The maximum atomic E-state index is 12.1. The maximum absolute atomic E-state index is 12.1. The molecule has 1 unspecified atom stereocenters. The van der Waals surface area contributed by atoms with Crippen LogP contribution in [0.15, 0.2) is 24.3 Å². The highest BCUT2D eigenvalue weighted by molar-refractivity contribution is 5.90. The van der Waals surface area contributed by atoms with E-state index in [0.29, 0.717) is 31.9 Å². The number of aldehydes is 1. The van der Waals surface area contributed by atoms with Crippen LogP contribution in [-0.4, -0.2) is 44.5 Å². The standard InChI is InChI=1S/C14H18N2O3/c1-2-15-14(18)13-10-19-8-7-16(13)12-6-4-3-5-11(12)9-17/h3-6,9,13H,2,7-8,10H2,1H3,(H,15,18). The number of amides is 1. The highest BCUT2D eigenvalue weighted by Gasteiger charge is 2.30. The van der Waals surface area contributed by atoms with Gasteiger partial charge in [-0.2, -0.15) is 0 Å². The van der Waals surface area contributed by atoms with Gasteiger partial charge in [0.1, 0.15) is 6.04 Å². The molecule has 0 saturated carbocycles. The number of rotatable bonds is 4. The van der Waals surface area contributed by atoms with E-state index in [2.05, 4.69) is 5.32 Å². The van der Waals surface area contributed by atoms with Crippen LogP contribution in [0.2, 0.25) is 0 Å². The van der Waals surface area contributed by atoms with Gasteiger partial charge in [0.2, 0.25) is 5.91 Å². The molecule has 1 aliphatic rings. The van der Waals surface area contributed by atoms with Crippen LogP contribution < -0.4 is 10.2 Å². The Balaban J connectivity index is 2.28. The number of ether oxygens (including phenoxy) is 1. The number of benzene rings is 1. The second-order valence-electron chi connectivity index (χ2n) is 4.36. The lowest BCUT2D eigenvalue weighted by atomic mass is 10.1. The molecule has 5 heteroatoms. The van der Waals surface area contributed by atoms with E-state index in [4.69, 9.17) is 4.74 Å². The third kappa shape index (κ3) is 2.93. The molecule has 1 saturated heterocycles. The van der Waals surface area contributed by atoms with Crippen molar-refractivity contribution in [1.82, 2.24) is 5.32 Å². The lowest BCUT2D eigenvalue weighted by molar-refractivity contribution is -0.124. The summed E-state index contributed by atoms with van der Waals surface area (Å²) in [4.78, 5) is 25.1. The van der Waals surface area contributed by atoms with Crippen molar-refractivity contribution in [1.29, 1.82) is 0 Å². The van der Waals surface area contributed by atoms with Gasteiger partial charge in [-0.1, -0.05) is 12.1 Å². The van der Waals surface area contributed by atoms with E-state index in [1.165, 1.54) is 0 Å². The monoisotopic (exact) mass is 262 g/mol. The van der Waals surface area contributed by atoms with Crippen molar-refractivity contribution in [2.24, 2.45) is 0 Å². The normalized spacial score (nSPS) is 19.0. The van der Waals surface area contributed by atoms with Gasteiger partial charge in [-0.15, -0.1) is 0 Å². The van der Waals surface area contributed by atoms with Gasteiger partial charge in [-0.05, 0) is 19.1 Å². The molecule has 0 aliphatic carbocycles. The van der Waals surface area contributed by atoms with E-state index in [1.807, 2.05) is 30.0 Å². The SMILES string of the molecule is CCNC(=O)C1COCCN1c1ccccc1C=O. The van der Waals surface area contributed by atoms with E-state index < -0.39 is 0 Å². The van der Waals surface area contributed by atoms with Gasteiger partial charge in [0.15, 0.2) is 6.29 Å². The first-order valence-electron chi connectivity index (χ1n) is 6.44. The molecule has 2 rings (SSSR count). The molecule has 0 aromatic heterocycles. The zero-order valence-electron chi connectivity index (χ0n) is 11.0. The zero-order valence-corrected chi connectivity index (χ0v) is 11.0. The topological polar surface area (TPSA) is 58.6 Å². The predicted octanol–water partition coefficient (Wildman–Crippen LogP) is 0.840. The molecule has 1 N–H and O–H groups in total. The molecule has 1 heterocycles. The van der Waals surface area contributed by atoms with E-state index in [-0.39, 0.29) is 11.9 Å². The van der Waals surface area contributed by atoms with E-state index in [9.17, 15) is 9.59 Å². The molecule has 0 spiro atoms. The number of likely N-dealkylation sites (N-methyl/N-ethyl adjacent to an activating group) is 1. The fourth-order valence-electron chi connectivity index (χ4n) is 2.25. The second kappa shape index (κ2) is 6.33. The Morgan fingerprint density at radius 3 is 3.05 bits per heavy atom. The molecule has 1 aromatic carbocycles. The Morgan fingerprint density at radius 2 is 2.32 bits per heavy atom. The number of hydrogen-bond donors (Lipinski definition) is 1. The third-order valence-corrected chi connectivity index (χ3v) is 3.16. The number of morpholine rings is 1. The first kappa shape index (κ1) is 13.5. The van der Waals surface area contributed by atoms with Crippen LogP contribution in [-0.2, 0) is 9.53 Å². The number of para-hydroxylation sites is 1. The van der Waals surface area contributed by atoms with Gasteiger partial charge in [0, 0.05) is 24.3 Å². The van der Waals surface area contributed by atoms with Gasteiger partial charge >= 0.3 is 0 Å². The molecule has 1 aliphatic heterocycles. The fourth-order valence-corrected chi connectivity index (χ4v) is 2.25. The van der Waals surface area contributed by atoms with Crippen LogP contribution in [0.5, 0.6) is 0 Å². The number of nitrogens with zero attached hydrogens (tertiary/aromatic N) is 1. The lowest BCUT2D eigenvalue weighted by Gasteiger charge is -2.36. The molecule has 0 bridgehead atoms. The Hall–Kier alpha value is -1.88. The fraction of sp³-hybridized carbons (Fsp3) is 0.429. The molecular formula is C14H18N2O3. The molecule has 1 fully saturated rings. The second-order valence-corrected chi connectivity index (χ2v) is 4.36. The van der Waals surface area contributed by atoms with Crippen LogP contribution in [0.1, 0.15) is 17.3 Å². The molecule has 102 valence electrons. The van der Waals surface area contributed by atoms with Gasteiger partial charge in [0.25, 0.3) is 0 Å². The van der Waals surface area contributed by atoms with Crippen LogP contribution in [0.25, 0.3) is 0 Å². The minimum absolute atomic E-state index is 0.0668. The first-order valence-corrected chi connectivity index (χ1v) is 6.44. The van der Waals surface area contributed by atoms with Crippen molar-refractivity contribution in [2.45, 2.75) is 13.0 Å². The molecule has 1 aromatic rings. The maximum Gasteiger partial charge on any atom is 0.245 e. The highest BCUT2D eigenvalue weighted by atomic mass is 16.5. The van der Waals surface area contributed by atoms with Crippen LogP contribution in [0.4, 0.5) is 5.69 Å². The van der Waals surface area contributed by atoms with Crippen LogP contribution in [0, 0.1) is 0 Å². The Labute approximate surface area is 112 Å². The van der Waals surface area contributed by atoms with E-state index in [1.54, 1.807) is 6.07 Å². The van der Waals surface area contributed by atoms with Gasteiger partial charge in [-0.25, -0.2) is 0 Å². The summed E-state index contributed by atoms with van der Waals surface area (Å²) in [7, 11) is 0. The number of anilines is 1. The average Bonchev–Trinajstić information content (AvgIpc) is 2.47. The summed E-state index contributed by atoms with van der Waals surface area (Å²) in [6.07, 6.45) is 0.819. The third-order valence-electron chi connectivity index (χ3n) is 3.16. The Morgan fingerprint density at radius 1 is 1.53 bits per heavy atom. The summed E-state index contributed by atoms with van der Waals surface area (Å²) < 4.78 is 5.38. The largest absolute Gasteiger partial charge is 0.377 e. The summed E-state index contributed by atoms with van der Waals surface area (Å²) in [5.74, 6) is -0.0668. The van der Waals surface area contributed by atoms with Crippen molar-refractivity contribution < 1.29 is 14.3 Å². The van der Waals surface area contributed by atoms with Crippen LogP contribution in [0.3, 0.4) is 0 Å². The van der Waals surface area contributed by atoms with E-state index >= 15 is 0 Å². The van der Waals surface area contributed by atoms with Crippen molar-refractivity contribution >= 4 is 17.9 Å². The minimum atomic E-state index is -0.380. The number of hydrogen-bond acceptors (Lipinski definition) is 4. The smallest absolute Gasteiger partial charge is 0.245 e. The molecule has 5 nitrogen and oxygen atoms in total. The molecule has 1 atom stereocenters. The summed E-state index contributed by atoms with van der Waals surface area (Å²) >= 11 is 0. The average molecular weight is 262 g/mol. The van der Waals surface area contributed by atoms with Crippen molar-refractivity contribution in [3.63, 3.8) is 0 Å². The molecule has 1 amide bonds. The Bertz CT molecular complexity index is 462. The number of nitrogens with one attached hydrogen (secondary N) is 1. The van der Waals surface area contributed by atoms with Crippen molar-refractivity contribution in [3.8, 4) is 0 Å². The molecular weight excluding hydrogens is 244 g/mol. The van der Waals surface area contributed by atoms with Gasteiger partial charge in [0.05, 0.1) is 13.2 Å². The Kier molecular flexibility index (Phi) is 4.52.